The monoisotopic (exact) mass is 381 g/mol. The molecule has 1 aliphatic heterocycles. The first kappa shape index (κ1) is 19.7. The average molecular weight is 381 g/mol. The van der Waals surface area contributed by atoms with E-state index in [2.05, 4.69) is 22.8 Å². The quantitative estimate of drug-likeness (QED) is 0.803. The standard InChI is InChI=1S/C22H27N3O3/c1-3-21(26)24-19-14-18(11-12-20(19)28-2)23-22(27)25-13-7-10-17(15-25)16-8-5-4-6-9-16/h4-6,8-9,11-12,14,17H,3,7,10,13,15H2,1-2H3,(H,23,27)(H,24,26). The van der Waals surface area contributed by atoms with Gasteiger partial charge in [0.15, 0.2) is 0 Å². The summed E-state index contributed by atoms with van der Waals surface area (Å²) in [6.07, 6.45) is 2.44. The molecule has 1 atom stereocenters. The third-order valence-electron chi connectivity index (χ3n) is 5.03. The Labute approximate surface area is 165 Å². The Morgan fingerprint density at radius 2 is 1.93 bits per heavy atom. The maximum absolute atomic E-state index is 12.8. The van der Waals surface area contributed by atoms with E-state index in [4.69, 9.17) is 4.74 Å². The Morgan fingerprint density at radius 3 is 2.64 bits per heavy atom. The van der Waals surface area contributed by atoms with Crippen molar-refractivity contribution in [3.05, 3.63) is 54.1 Å². The molecule has 0 spiro atoms. The summed E-state index contributed by atoms with van der Waals surface area (Å²) in [6, 6.07) is 15.4. The number of nitrogens with one attached hydrogen (secondary N) is 2. The molecule has 1 aliphatic rings. The second kappa shape index (κ2) is 9.26. The van der Waals surface area contributed by atoms with Gasteiger partial charge in [-0.3, -0.25) is 4.79 Å². The lowest BCUT2D eigenvalue weighted by Crippen LogP contribution is -2.41. The number of ether oxygens (including phenoxy) is 1. The molecule has 1 heterocycles. The lowest BCUT2D eigenvalue weighted by atomic mass is 9.91. The van der Waals surface area contributed by atoms with Gasteiger partial charge in [-0.25, -0.2) is 4.79 Å². The Balaban J connectivity index is 1.68. The lowest BCUT2D eigenvalue weighted by Gasteiger charge is -2.33. The predicted molar refractivity (Wildman–Crippen MR) is 111 cm³/mol. The van der Waals surface area contributed by atoms with Crippen molar-refractivity contribution in [2.45, 2.75) is 32.1 Å². The van der Waals surface area contributed by atoms with Gasteiger partial charge in [0.2, 0.25) is 5.91 Å². The average Bonchev–Trinajstić information content (AvgIpc) is 2.74. The number of nitrogens with zero attached hydrogens (tertiary/aromatic N) is 1. The van der Waals surface area contributed by atoms with Crippen molar-refractivity contribution >= 4 is 23.3 Å². The number of likely N-dealkylation sites (tertiary alicyclic amines) is 1. The van der Waals surface area contributed by atoms with Gasteiger partial charge in [0.1, 0.15) is 5.75 Å². The molecule has 2 aromatic rings. The lowest BCUT2D eigenvalue weighted by molar-refractivity contribution is -0.115. The maximum Gasteiger partial charge on any atom is 0.321 e. The minimum Gasteiger partial charge on any atom is -0.495 e. The van der Waals surface area contributed by atoms with Crippen LogP contribution in [0.3, 0.4) is 0 Å². The van der Waals surface area contributed by atoms with Crippen LogP contribution in [0.25, 0.3) is 0 Å². The fourth-order valence-electron chi connectivity index (χ4n) is 3.48. The van der Waals surface area contributed by atoms with E-state index in [1.165, 1.54) is 5.56 Å². The molecule has 1 fully saturated rings. The number of hydrogen-bond acceptors (Lipinski definition) is 3. The Kier molecular flexibility index (Phi) is 6.53. The van der Waals surface area contributed by atoms with Gasteiger partial charge in [-0.1, -0.05) is 37.3 Å². The van der Waals surface area contributed by atoms with Crippen LogP contribution >= 0.6 is 0 Å². The molecule has 6 heteroatoms. The van der Waals surface area contributed by atoms with Crippen LogP contribution in [0.5, 0.6) is 5.75 Å². The molecular formula is C22H27N3O3. The number of piperidine rings is 1. The molecule has 6 nitrogen and oxygen atoms in total. The van der Waals surface area contributed by atoms with Crippen LogP contribution in [0, 0.1) is 0 Å². The SMILES string of the molecule is CCC(=O)Nc1cc(NC(=O)N2CCCC(c3ccccc3)C2)ccc1OC. The van der Waals surface area contributed by atoms with Crippen LogP contribution in [-0.4, -0.2) is 37.0 Å². The first-order valence-corrected chi connectivity index (χ1v) is 9.69. The van der Waals surface area contributed by atoms with Gasteiger partial charge in [0.25, 0.3) is 0 Å². The largest absolute Gasteiger partial charge is 0.495 e. The van der Waals surface area contributed by atoms with Crippen molar-refractivity contribution in [3.8, 4) is 5.75 Å². The number of carbonyl (C=O) groups excluding carboxylic acids is 2. The number of rotatable bonds is 5. The summed E-state index contributed by atoms with van der Waals surface area (Å²) in [7, 11) is 1.55. The van der Waals surface area contributed by atoms with Gasteiger partial charge >= 0.3 is 6.03 Å². The minimum absolute atomic E-state index is 0.108. The first-order valence-electron chi connectivity index (χ1n) is 9.69. The van der Waals surface area contributed by atoms with E-state index in [0.29, 0.717) is 36.0 Å². The number of anilines is 2. The molecule has 3 amide bonds. The fourth-order valence-corrected chi connectivity index (χ4v) is 3.48. The van der Waals surface area contributed by atoms with Crippen LogP contribution in [0.2, 0.25) is 0 Å². The van der Waals surface area contributed by atoms with Crippen molar-refractivity contribution in [2.75, 3.05) is 30.8 Å². The van der Waals surface area contributed by atoms with Crippen LogP contribution in [0.15, 0.2) is 48.5 Å². The van der Waals surface area contributed by atoms with Crippen molar-refractivity contribution in [1.29, 1.82) is 0 Å². The topological polar surface area (TPSA) is 70.7 Å². The highest BCUT2D eigenvalue weighted by atomic mass is 16.5. The molecule has 148 valence electrons. The fraction of sp³-hybridized carbons (Fsp3) is 0.364. The number of benzene rings is 2. The summed E-state index contributed by atoms with van der Waals surface area (Å²) in [5, 5.41) is 5.75. The summed E-state index contributed by atoms with van der Waals surface area (Å²) in [4.78, 5) is 26.4. The summed E-state index contributed by atoms with van der Waals surface area (Å²) >= 11 is 0. The van der Waals surface area contributed by atoms with Crippen LogP contribution in [-0.2, 0) is 4.79 Å². The zero-order valence-corrected chi connectivity index (χ0v) is 16.4. The second-order valence-electron chi connectivity index (χ2n) is 6.94. The smallest absolute Gasteiger partial charge is 0.321 e. The zero-order valence-electron chi connectivity index (χ0n) is 16.4. The van der Waals surface area contributed by atoms with E-state index >= 15 is 0 Å². The normalized spacial score (nSPS) is 16.4. The van der Waals surface area contributed by atoms with Crippen molar-refractivity contribution in [2.24, 2.45) is 0 Å². The number of methoxy groups -OCH3 is 1. The van der Waals surface area contributed by atoms with Gasteiger partial charge in [-0.2, -0.15) is 0 Å². The van der Waals surface area contributed by atoms with Crippen LogP contribution in [0.1, 0.15) is 37.7 Å². The molecular weight excluding hydrogens is 354 g/mol. The van der Waals surface area contributed by atoms with Crippen molar-refractivity contribution < 1.29 is 14.3 Å². The minimum atomic E-state index is -0.126. The summed E-state index contributed by atoms with van der Waals surface area (Å²) in [5.74, 6) is 0.807. The van der Waals surface area contributed by atoms with Crippen LogP contribution < -0.4 is 15.4 Å². The Bertz CT molecular complexity index is 823. The van der Waals surface area contributed by atoms with E-state index in [1.54, 1.807) is 32.2 Å². The maximum atomic E-state index is 12.8. The summed E-state index contributed by atoms with van der Waals surface area (Å²) in [5.41, 5.74) is 2.45. The number of amides is 3. The van der Waals surface area contributed by atoms with Gasteiger partial charge in [-0.05, 0) is 36.6 Å². The zero-order chi connectivity index (χ0) is 19.9. The number of urea groups is 1. The molecule has 0 saturated carbocycles. The van der Waals surface area contributed by atoms with E-state index in [0.717, 1.165) is 19.4 Å². The molecule has 1 saturated heterocycles. The molecule has 2 aromatic carbocycles. The highest BCUT2D eigenvalue weighted by Crippen LogP contribution is 2.30. The Hall–Kier alpha value is -3.02. The highest BCUT2D eigenvalue weighted by Gasteiger charge is 2.24. The predicted octanol–water partition coefficient (Wildman–Crippen LogP) is 4.46. The molecule has 1 unspecified atom stereocenters. The van der Waals surface area contributed by atoms with E-state index < -0.39 is 0 Å². The second-order valence-corrected chi connectivity index (χ2v) is 6.94. The summed E-state index contributed by atoms with van der Waals surface area (Å²) < 4.78 is 5.29. The summed E-state index contributed by atoms with van der Waals surface area (Å²) in [6.45, 7) is 3.23. The molecule has 28 heavy (non-hydrogen) atoms. The molecule has 0 aromatic heterocycles. The number of carbonyl (C=O) groups is 2. The van der Waals surface area contributed by atoms with Crippen LogP contribution in [0.4, 0.5) is 16.2 Å². The molecule has 2 N–H and O–H groups in total. The first-order chi connectivity index (χ1) is 13.6. The molecule has 3 rings (SSSR count). The molecule has 0 aliphatic carbocycles. The molecule has 0 bridgehead atoms. The molecule has 0 radical (unpaired) electrons. The van der Waals surface area contributed by atoms with Crippen molar-refractivity contribution in [1.82, 2.24) is 4.90 Å². The van der Waals surface area contributed by atoms with Crippen molar-refractivity contribution in [3.63, 3.8) is 0 Å². The van der Waals surface area contributed by atoms with Gasteiger partial charge in [0, 0.05) is 31.1 Å². The van der Waals surface area contributed by atoms with E-state index in [1.807, 2.05) is 23.1 Å². The van der Waals surface area contributed by atoms with E-state index in [9.17, 15) is 9.59 Å². The third-order valence-corrected chi connectivity index (χ3v) is 5.03. The van der Waals surface area contributed by atoms with E-state index in [-0.39, 0.29) is 11.9 Å². The van der Waals surface area contributed by atoms with Gasteiger partial charge in [0.05, 0.1) is 12.8 Å². The third kappa shape index (κ3) is 4.82. The highest BCUT2D eigenvalue weighted by molar-refractivity contribution is 5.95. The van der Waals surface area contributed by atoms with Gasteiger partial charge < -0.3 is 20.3 Å². The number of hydrogen-bond donors (Lipinski definition) is 2. The Morgan fingerprint density at radius 1 is 1.14 bits per heavy atom. The van der Waals surface area contributed by atoms with Gasteiger partial charge in [-0.15, -0.1) is 0 Å².